The van der Waals surface area contributed by atoms with Gasteiger partial charge in [0.25, 0.3) is 5.91 Å². The fourth-order valence-electron chi connectivity index (χ4n) is 1.88. The summed E-state index contributed by atoms with van der Waals surface area (Å²) in [6.45, 7) is -0.610. The molecule has 0 saturated carbocycles. The largest absolute Gasteiger partial charge is 0.331 e. The van der Waals surface area contributed by atoms with Gasteiger partial charge in [-0.3, -0.25) is 9.18 Å². The average molecular weight is 289 g/mol. The fourth-order valence-corrected chi connectivity index (χ4v) is 2.03. The van der Waals surface area contributed by atoms with Crippen LogP contribution in [0.4, 0.5) is 19.3 Å². The Morgan fingerprint density at radius 1 is 1.32 bits per heavy atom. The molecule has 0 aliphatic carbocycles. The maximum absolute atomic E-state index is 13.7. The van der Waals surface area contributed by atoms with Crippen molar-refractivity contribution in [3.05, 3.63) is 29.0 Å². The van der Waals surface area contributed by atoms with Gasteiger partial charge in [-0.15, -0.1) is 0 Å². The second kappa shape index (κ2) is 5.52. The third kappa shape index (κ3) is 2.68. The number of anilines is 1. The van der Waals surface area contributed by atoms with E-state index in [2.05, 4.69) is 0 Å². The van der Waals surface area contributed by atoms with E-state index in [1.807, 2.05) is 0 Å². The van der Waals surface area contributed by atoms with Gasteiger partial charge in [0, 0.05) is 11.6 Å². The van der Waals surface area contributed by atoms with Crippen LogP contribution in [0, 0.1) is 5.82 Å². The van der Waals surface area contributed by atoms with E-state index >= 15 is 0 Å². The van der Waals surface area contributed by atoms with E-state index in [0.717, 1.165) is 11.0 Å². The van der Waals surface area contributed by atoms with Crippen molar-refractivity contribution in [2.45, 2.75) is 6.42 Å². The third-order valence-corrected chi connectivity index (χ3v) is 2.98. The number of alkyl halides is 1. The van der Waals surface area contributed by atoms with Crippen LogP contribution >= 0.6 is 11.6 Å². The zero-order valence-electron chi connectivity index (χ0n) is 9.91. The minimum absolute atomic E-state index is 0.132. The first kappa shape index (κ1) is 13.7. The molecule has 3 amide bonds. The van der Waals surface area contributed by atoms with Crippen molar-refractivity contribution >= 4 is 29.2 Å². The van der Waals surface area contributed by atoms with Gasteiger partial charge in [-0.1, -0.05) is 11.6 Å². The summed E-state index contributed by atoms with van der Waals surface area (Å²) in [5.74, 6) is -1.29. The Morgan fingerprint density at radius 3 is 2.68 bits per heavy atom. The minimum Gasteiger partial charge on any atom is -0.315 e. The number of carbonyl (C=O) groups excluding carboxylic acids is 2. The van der Waals surface area contributed by atoms with Gasteiger partial charge in [-0.25, -0.2) is 14.1 Å². The van der Waals surface area contributed by atoms with Crippen LogP contribution in [0.15, 0.2) is 18.2 Å². The Bertz CT molecular complexity index is 524. The molecular weight excluding hydrogens is 278 g/mol. The number of urea groups is 1. The smallest absolute Gasteiger partial charge is 0.315 e. The lowest BCUT2D eigenvalue weighted by Gasteiger charge is -2.17. The van der Waals surface area contributed by atoms with Crippen LogP contribution < -0.4 is 4.90 Å². The molecule has 2 rings (SSSR count). The summed E-state index contributed by atoms with van der Waals surface area (Å²) in [6, 6.07) is 3.05. The third-order valence-electron chi connectivity index (χ3n) is 2.75. The summed E-state index contributed by atoms with van der Waals surface area (Å²) in [4.78, 5) is 25.7. The van der Waals surface area contributed by atoms with Gasteiger partial charge in [0.05, 0.1) is 12.4 Å². The second-order valence-electron chi connectivity index (χ2n) is 4.07. The lowest BCUT2D eigenvalue weighted by molar-refractivity contribution is -0.116. The van der Waals surface area contributed by atoms with Gasteiger partial charge >= 0.3 is 6.03 Å². The first-order chi connectivity index (χ1) is 9.04. The van der Waals surface area contributed by atoms with Crippen LogP contribution in [-0.4, -0.2) is 36.6 Å². The molecule has 0 spiro atoms. The van der Waals surface area contributed by atoms with Gasteiger partial charge in [-0.05, 0) is 24.6 Å². The normalized spacial score (nSPS) is 15.5. The van der Waals surface area contributed by atoms with Gasteiger partial charge in [-0.2, -0.15) is 0 Å². The molecule has 1 aromatic carbocycles. The molecule has 4 nitrogen and oxygen atoms in total. The summed E-state index contributed by atoms with van der Waals surface area (Å²) >= 11 is 5.61. The highest BCUT2D eigenvalue weighted by Crippen LogP contribution is 2.26. The number of nitrogens with zero attached hydrogens (tertiary/aromatic N) is 2. The molecule has 0 aromatic heterocycles. The topological polar surface area (TPSA) is 40.6 Å². The zero-order valence-corrected chi connectivity index (χ0v) is 10.7. The second-order valence-corrected chi connectivity index (χ2v) is 4.51. The molecule has 102 valence electrons. The molecule has 0 bridgehead atoms. The van der Waals surface area contributed by atoms with Crippen molar-refractivity contribution in [1.29, 1.82) is 0 Å². The van der Waals surface area contributed by atoms with Crippen molar-refractivity contribution in [1.82, 2.24) is 4.90 Å². The van der Waals surface area contributed by atoms with Crippen molar-refractivity contribution in [2.24, 2.45) is 0 Å². The molecular formula is C12H11ClF2N2O2. The fraction of sp³-hybridized carbons (Fsp3) is 0.333. The number of hydrogen-bond acceptors (Lipinski definition) is 2. The average Bonchev–Trinajstić information content (AvgIpc) is 2.63. The first-order valence-electron chi connectivity index (χ1n) is 5.67. The molecule has 1 aromatic rings. The minimum atomic E-state index is -0.749. The maximum atomic E-state index is 13.7. The number of hydrogen-bond donors (Lipinski definition) is 0. The summed E-state index contributed by atoms with van der Waals surface area (Å²) in [6.07, 6.45) is 0.149. The van der Waals surface area contributed by atoms with E-state index < -0.39 is 24.4 Å². The van der Waals surface area contributed by atoms with Gasteiger partial charge in [0.1, 0.15) is 12.4 Å². The molecule has 1 heterocycles. The van der Waals surface area contributed by atoms with E-state index in [4.69, 9.17) is 11.6 Å². The van der Waals surface area contributed by atoms with Crippen LogP contribution in [0.3, 0.4) is 0 Å². The predicted octanol–water partition coefficient (Wildman–Crippen LogP) is 2.61. The number of imide groups is 1. The Kier molecular flexibility index (Phi) is 3.99. The number of amides is 3. The molecule has 1 aliphatic heterocycles. The predicted molar refractivity (Wildman–Crippen MR) is 66.5 cm³/mol. The molecule has 1 aliphatic rings. The highest BCUT2D eigenvalue weighted by Gasteiger charge is 2.37. The Hall–Kier alpha value is -1.69. The van der Waals surface area contributed by atoms with Gasteiger partial charge in [0.2, 0.25) is 0 Å². The Labute approximate surface area is 113 Å². The summed E-state index contributed by atoms with van der Waals surface area (Å²) in [5.41, 5.74) is -0.137. The molecule has 0 atom stereocenters. The molecule has 7 heteroatoms. The standard InChI is InChI=1S/C12H11ClF2N2O2/c13-8-2-3-10(9(15)6-8)17-11(18)7-16(12(17)19)5-1-4-14/h2-3,6H,1,4-5,7H2. The monoisotopic (exact) mass is 288 g/mol. The molecule has 0 N–H and O–H groups in total. The lowest BCUT2D eigenvalue weighted by Crippen LogP contribution is -2.34. The zero-order chi connectivity index (χ0) is 14.0. The van der Waals surface area contributed by atoms with Gasteiger partial charge in [0.15, 0.2) is 0 Å². The molecule has 19 heavy (non-hydrogen) atoms. The number of rotatable bonds is 4. The quantitative estimate of drug-likeness (QED) is 0.799. The van der Waals surface area contributed by atoms with Gasteiger partial charge < -0.3 is 4.90 Å². The Balaban J connectivity index is 2.25. The maximum Gasteiger partial charge on any atom is 0.331 e. The molecule has 1 fully saturated rings. The van der Waals surface area contributed by atoms with E-state index in [1.165, 1.54) is 17.0 Å². The highest BCUT2D eigenvalue weighted by atomic mass is 35.5. The lowest BCUT2D eigenvalue weighted by atomic mass is 10.3. The van der Waals surface area contributed by atoms with Crippen LogP contribution in [0.1, 0.15) is 6.42 Å². The van der Waals surface area contributed by atoms with E-state index in [9.17, 15) is 18.4 Å². The van der Waals surface area contributed by atoms with Crippen LogP contribution in [-0.2, 0) is 4.79 Å². The summed E-state index contributed by atoms with van der Waals surface area (Å²) in [7, 11) is 0. The summed E-state index contributed by atoms with van der Waals surface area (Å²) < 4.78 is 25.8. The van der Waals surface area contributed by atoms with Crippen LogP contribution in [0.5, 0.6) is 0 Å². The Morgan fingerprint density at radius 2 is 2.05 bits per heavy atom. The van der Waals surface area contributed by atoms with Crippen molar-refractivity contribution in [3.63, 3.8) is 0 Å². The van der Waals surface area contributed by atoms with Crippen LogP contribution in [0.2, 0.25) is 5.02 Å². The van der Waals surface area contributed by atoms with Crippen molar-refractivity contribution in [2.75, 3.05) is 24.7 Å². The van der Waals surface area contributed by atoms with E-state index in [0.29, 0.717) is 0 Å². The first-order valence-corrected chi connectivity index (χ1v) is 6.05. The SMILES string of the molecule is O=C1CN(CCCF)C(=O)N1c1ccc(Cl)cc1F. The molecule has 1 saturated heterocycles. The van der Waals surface area contributed by atoms with E-state index in [-0.39, 0.29) is 30.2 Å². The van der Waals surface area contributed by atoms with Crippen molar-refractivity contribution < 1.29 is 18.4 Å². The van der Waals surface area contributed by atoms with E-state index in [1.54, 1.807) is 0 Å². The summed E-state index contributed by atoms with van der Waals surface area (Å²) in [5, 5.41) is 0.176. The number of carbonyl (C=O) groups is 2. The molecule has 0 radical (unpaired) electrons. The number of halogens is 3. The highest BCUT2D eigenvalue weighted by molar-refractivity contribution is 6.30. The van der Waals surface area contributed by atoms with Crippen molar-refractivity contribution in [3.8, 4) is 0 Å². The number of benzene rings is 1. The molecule has 0 unspecified atom stereocenters. The van der Waals surface area contributed by atoms with Crippen LogP contribution in [0.25, 0.3) is 0 Å².